The average Bonchev–Trinajstić information content (AvgIpc) is 2.78. The summed E-state index contributed by atoms with van der Waals surface area (Å²) in [4.78, 5) is 10.9. The molecule has 0 unspecified atom stereocenters. The van der Waals surface area contributed by atoms with E-state index in [9.17, 15) is 4.79 Å². The summed E-state index contributed by atoms with van der Waals surface area (Å²) in [7, 11) is 0. The van der Waals surface area contributed by atoms with Crippen LogP contribution in [0.4, 0.5) is 0 Å². The number of unbranched alkanes of at least 4 members (excludes halogenated alkanes) is 8. The third-order valence-corrected chi connectivity index (χ3v) is 6.30. The van der Waals surface area contributed by atoms with E-state index in [0.717, 1.165) is 53.7 Å². The number of esters is 1. The SMILES string of the molecule is C=CC(=O)OCCCCCCCCCCCOc1cc(=S)n(CC)c2cc(C)c(C)cc12. The fourth-order valence-corrected chi connectivity index (χ4v) is 4.24. The van der Waals surface area contributed by atoms with E-state index in [-0.39, 0.29) is 5.97 Å². The lowest BCUT2D eigenvalue weighted by Gasteiger charge is -2.16. The molecule has 0 saturated heterocycles. The first kappa shape index (κ1) is 26.1. The summed E-state index contributed by atoms with van der Waals surface area (Å²) in [6.07, 6.45) is 11.8. The van der Waals surface area contributed by atoms with E-state index in [0.29, 0.717) is 6.61 Å². The van der Waals surface area contributed by atoms with Crippen molar-refractivity contribution in [2.24, 2.45) is 0 Å². The summed E-state index contributed by atoms with van der Waals surface area (Å²) >= 11 is 5.61. The molecule has 0 amide bonds. The van der Waals surface area contributed by atoms with Crippen LogP contribution in [0, 0.1) is 18.5 Å². The molecule has 0 saturated carbocycles. The lowest BCUT2D eigenvalue weighted by Crippen LogP contribution is -2.04. The molecule has 4 nitrogen and oxygen atoms in total. The number of hydrogen-bond acceptors (Lipinski definition) is 4. The van der Waals surface area contributed by atoms with Crippen LogP contribution >= 0.6 is 12.2 Å². The number of ether oxygens (including phenoxy) is 2. The zero-order chi connectivity index (χ0) is 23.3. The first-order valence-electron chi connectivity index (χ1n) is 12.0. The summed E-state index contributed by atoms with van der Waals surface area (Å²) in [5.74, 6) is 0.588. The average molecular weight is 458 g/mol. The van der Waals surface area contributed by atoms with Crippen molar-refractivity contribution in [1.29, 1.82) is 0 Å². The number of carbonyl (C=O) groups is 1. The standard InChI is InChI=1S/C27H39NO3S/c1-5-27(29)31-17-15-13-11-9-7-8-10-12-14-16-30-25-20-26(32)28(6-2)24-19-22(4)21(3)18-23(24)25/h5,18-20H,1,6-17H2,2-4H3. The molecular weight excluding hydrogens is 418 g/mol. The van der Waals surface area contributed by atoms with Gasteiger partial charge in [0.05, 0.1) is 18.7 Å². The quantitative estimate of drug-likeness (QED) is 0.119. The van der Waals surface area contributed by atoms with Gasteiger partial charge in [-0.25, -0.2) is 4.79 Å². The Morgan fingerprint density at radius 3 is 2.09 bits per heavy atom. The fraction of sp³-hybridized carbons (Fsp3) is 0.556. The highest BCUT2D eigenvalue weighted by atomic mass is 32.1. The molecule has 0 aliphatic heterocycles. The van der Waals surface area contributed by atoms with Gasteiger partial charge in [0.15, 0.2) is 0 Å². The Morgan fingerprint density at radius 1 is 0.938 bits per heavy atom. The minimum absolute atomic E-state index is 0.325. The molecule has 1 aromatic carbocycles. The van der Waals surface area contributed by atoms with Crippen LogP contribution in [0.1, 0.15) is 75.8 Å². The topological polar surface area (TPSA) is 40.5 Å². The minimum atomic E-state index is -0.325. The van der Waals surface area contributed by atoms with Crippen LogP contribution in [0.15, 0.2) is 30.9 Å². The molecule has 0 fully saturated rings. The first-order chi connectivity index (χ1) is 15.5. The highest BCUT2D eigenvalue weighted by molar-refractivity contribution is 7.71. The number of pyridine rings is 1. The van der Waals surface area contributed by atoms with Crippen molar-refractivity contribution < 1.29 is 14.3 Å². The first-order valence-corrected chi connectivity index (χ1v) is 12.5. The number of benzene rings is 1. The molecule has 176 valence electrons. The zero-order valence-corrected chi connectivity index (χ0v) is 20.9. The second kappa shape index (κ2) is 14.1. The highest BCUT2D eigenvalue weighted by Gasteiger charge is 2.09. The van der Waals surface area contributed by atoms with E-state index in [2.05, 4.69) is 44.0 Å². The zero-order valence-electron chi connectivity index (χ0n) is 20.1. The van der Waals surface area contributed by atoms with E-state index in [1.807, 2.05) is 6.07 Å². The molecule has 0 aliphatic carbocycles. The fourth-order valence-electron chi connectivity index (χ4n) is 3.91. The van der Waals surface area contributed by atoms with Crippen molar-refractivity contribution in [2.45, 2.75) is 85.1 Å². The van der Waals surface area contributed by atoms with Crippen molar-refractivity contribution in [2.75, 3.05) is 13.2 Å². The number of hydrogen-bond donors (Lipinski definition) is 0. The van der Waals surface area contributed by atoms with Crippen molar-refractivity contribution in [3.8, 4) is 5.75 Å². The Morgan fingerprint density at radius 2 is 1.50 bits per heavy atom. The number of aryl methyl sites for hydroxylation is 3. The second-order valence-electron chi connectivity index (χ2n) is 8.45. The maximum atomic E-state index is 10.9. The van der Waals surface area contributed by atoms with Gasteiger partial charge in [0.1, 0.15) is 10.4 Å². The molecule has 32 heavy (non-hydrogen) atoms. The smallest absolute Gasteiger partial charge is 0.330 e. The van der Waals surface area contributed by atoms with Crippen molar-refractivity contribution >= 4 is 29.1 Å². The van der Waals surface area contributed by atoms with Gasteiger partial charge in [0, 0.05) is 24.1 Å². The van der Waals surface area contributed by atoms with Crippen molar-refractivity contribution in [3.05, 3.63) is 46.6 Å². The Hall–Kier alpha value is -2.14. The van der Waals surface area contributed by atoms with Gasteiger partial charge < -0.3 is 14.0 Å². The Labute approximate surface area is 198 Å². The molecule has 0 bridgehead atoms. The molecule has 1 heterocycles. The Bertz CT molecular complexity index is 948. The Kier molecular flexibility index (Phi) is 11.5. The molecule has 0 radical (unpaired) electrons. The highest BCUT2D eigenvalue weighted by Crippen LogP contribution is 2.29. The minimum Gasteiger partial charge on any atom is -0.493 e. The van der Waals surface area contributed by atoms with Crippen LogP contribution in [0.5, 0.6) is 5.75 Å². The van der Waals surface area contributed by atoms with Gasteiger partial charge in [-0.05, 0) is 56.9 Å². The Balaban J connectivity index is 1.65. The molecule has 0 aliphatic rings. The van der Waals surface area contributed by atoms with Crippen molar-refractivity contribution in [1.82, 2.24) is 4.57 Å². The van der Waals surface area contributed by atoms with Crippen LogP contribution in [0.2, 0.25) is 0 Å². The molecule has 1 aromatic heterocycles. The van der Waals surface area contributed by atoms with E-state index in [4.69, 9.17) is 21.7 Å². The maximum absolute atomic E-state index is 10.9. The molecule has 0 spiro atoms. The van der Waals surface area contributed by atoms with Gasteiger partial charge in [-0.15, -0.1) is 0 Å². The van der Waals surface area contributed by atoms with Crippen LogP contribution < -0.4 is 4.74 Å². The van der Waals surface area contributed by atoms with Gasteiger partial charge in [-0.2, -0.15) is 0 Å². The summed E-state index contributed by atoms with van der Waals surface area (Å²) in [5, 5.41) is 1.16. The molecule has 0 N–H and O–H groups in total. The summed E-state index contributed by atoms with van der Waals surface area (Å²) in [6.45, 7) is 11.9. The van der Waals surface area contributed by atoms with Crippen LogP contribution in [-0.4, -0.2) is 23.8 Å². The number of rotatable bonds is 15. The molecule has 2 aromatic rings. The van der Waals surface area contributed by atoms with Crippen molar-refractivity contribution in [3.63, 3.8) is 0 Å². The summed E-state index contributed by atoms with van der Waals surface area (Å²) in [6, 6.07) is 6.46. The number of carbonyl (C=O) groups excluding carboxylic acids is 1. The lowest BCUT2D eigenvalue weighted by molar-refractivity contribution is -0.137. The van der Waals surface area contributed by atoms with Gasteiger partial charge >= 0.3 is 5.97 Å². The van der Waals surface area contributed by atoms with Crippen LogP contribution in [-0.2, 0) is 16.1 Å². The monoisotopic (exact) mass is 457 g/mol. The second-order valence-corrected chi connectivity index (χ2v) is 8.87. The normalized spacial score (nSPS) is 11.0. The largest absolute Gasteiger partial charge is 0.493 e. The van der Waals surface area contributed by atoms with E-state index in [1.165, 1.54) is 55.7 Å². The van der Waals surface area contributed by atoms with Gasteiger partial charge in [0.2, 0.25) is 0 Å². The number of fused-ring (bicyclic) bond motifs is 1. The maximum Gasteiger partial charge on any atom is 0.330 e. The third-order valence-electron chi connectivity index (χ3n) is 5.96. The molecule has 5 heteroatoms. The molecular formula is C27H39NO3S. The van der Waals surface area contributed by atoms with Gasteiger partial charge in [-0.1, -0.05) is 63.7 Å². The van der Waals surface area contributed by atoms with Gasteiger partial charge in [0.25, 0.3) is 0 Å². The summed E-state index contributed by atoms with van der Waals surface area (Å²) < 4.78 is 14.2. The lowest BCUT2D eigenvalue weighted by atomic mass is 10.1. The van der Waals surface area contributed by atoms with E-state index < -0.39 is 0 Å². The van der Waals surface area contributed by atoms with Crippen LogP contribution in [0.25, 0.3) is 10.9 Å². The van der Waals surface area contributed by atoms with E-state index >= 15 is 0 Å². The predicted molar refractivity (Wildman–Crippen MR) is 136 cm³/mol. The van der Waals surface area contributed by atoms with E-state index in [1.54, 1.807) is 0 Å². The van der Waals surface area contributed by atoms with Crippen LogP contribution in [0.3, 0.4) is 0 Å². The number of nitrogens with zero attached hydrogens (tertiary/aromatic N) is 1. The third kappa shape index (κ3) is 8.09. The van der Waals surface area contributed by atoms with Gasteiger partial charge in [-0.3, -0.25) is 0 Å². The number of aromatic nitrogens is 1. The molecule has 2 rings (SSSR count). The summed E-state index contributed by atoms with van der Waals surface area (Å²) in [5.41, 5.74) is 3.72. The molecule has 0 atom stereocenters. The predicted octanol–water partition coefficient (Wildman–Crippen LogP) is 7.63.